The molecule has 0 unspecified atom stereocenters. The van der Waals surface area contributed by atoms with Gasteiger partial charge in [0.1, 0.15) is 11.8 Å². The van der Waals surface area contributed by atoms with Crippen LogP contribution in [0, 0.1) is 6.92 Å². The van der Waals surface area contributed by atoms with Crippen molar-refractivity contribution in [3.63, 3.8) is 0 Å². The Labute approximate surface area is 167 Å². The highest BCUT2D eigenvalue weighted by Crippen LogP contribution is 2.16. The molecule has 2 aromatic rings. The fourth-order valence-electron chi connectivity index (χ4n) is 3.14. The third-order valence-corrected chi connectivity index (χ3v) is 4.76. The third-order valence-electron chi connectivity index (χ3n) is 4.76. The Morgan fingerprint density at radius 1 is 1.07 bits per heavy atom. The molecule has 0 aliphatic rings. The monoisotopic (exact) mass is 382 g/mol. The van der Waals surface area contributed by atoms with Crippen molar-refractivity contribution in [2.45, 2.75) is 46.2 Å². The van der Waals surface area contributed by atoms with Crippen molar-refractivity contribution in [1.82, 2.24) is 10.2 Å². The Hall–Kier alpha value is -2.82. The van der Waals surface area contributed by atoms with E-state index in [4.69, 9.17) is 4.74 Å². The lowest BCUT2D eigenvalue weighted by molar-refractivity contribution is -0.142. The molecule has 2 aromatic carbocycles. The van der Waals surface area contributed by atoms with Gasteiger partial charge in [0.15, 0.2) is 6.61 Å². The molecule has 2 amide bonds. The van der Waals surface area contributed by atoms with Crippen LogP contribution in [0.15, 0.2) is 48.5 Å². The number of carbonyl (C=O) groups is 2. The smallest absolute Gasteiger partial charge is 0.261 e. The zero-order chi connectivity index (χ0) is 20.5. The Morgan fingerprint density at radius 2 is 1.79 bits per heavy atom. The maximum Gasteiger partial charge on any atom is 0.261 e. The number of ether oxygens (including phenoxy) is 1. The number of hydrogen-bond donors (Lipinski definition) is 1. The summed E-state index contributed by atoms with van der Waals surface area (Å²) < 4.78 is 5.69. The minimum Gasteiger partial charge on any atom is -0.484 e. The maximum absolute atomic E-state index is 13.0. The van der Waals surface area contributed by atoms with E-state index in [1.807, 2.05) is 62.4 Å². The van der Waals surface area contributed by atoms with Gasteiger partial charge in [0.2, 0.25) is 5.91 Å². The quantitative estimate of drug-likeness (QED) is 0.722. The second-order valence-corrected chi connectivity index (χ2v) is 6.84. The summed E-state index contributed by atoms with van der Waals surface area (Å²) in [5.41, 5.74) is 3.32. The van der Waals surface area contributed by atoms with Crippen LogP contribution in [-0.4, -0.2) is 36.4 Å². The highest BCUT2D eigenvalue weighted by Gasteiger charge is 2.28. The molecule has 0 heterocycles. The number of benzene rings is 2. The van der Waals surface area contributed by atoms with Crippen LogP contribution in [0.3, 0.4) is 0 Å². The zero-order valence-corrected chi connectivity index (χ0v) is 17.2. The fraction of sp³-hybridized carbons (Fsp3) is 0.391. The molecule has 0 spiro atoms. The predicted molar refractivity (Wildman–Crippen MR) is 111 cm³/mol. The molecule has 0 aliphatic carbocycles. The van der Waals surface area contributed by atoms with E-state index in [0.717, 1.165) is 17.5 Å². The standard InChI is InChI=1S/C23H30N2O3/c1-5-18-10-12-20(13-11-18)28-16-22(26)25(21(6-2)23(27)24-4)15-19-9-7-8-17(3)14-19/h7-14,21H,5-6,15-16H2,1-4H3,(H,24,27)/t21-/m1/s1. The lowest BCUT2D eigenvalue weighted by atomic mass is 10.1. The molecule has 0 aliphatic heterocycles. The molecule has 28 heavy (non-hydrogen) atoms. The van der Waals surface area contributed by atoms with Crippen LogP contribution in [-0.2, 0) is 22.6 Å². The van der Waals surface area contributed by atoms with Gasteiger partial charge in [0.05, 0.1) is 0 Å². The van der Waals surface area contributed by atoms with Crippen molar-refractivity contribution >= 4 is 11.8 Å². The molecule has 0 saturated heterocycles. The summed E-state index contributed by atoms with van der Waals surface area (Å²) in [6.07, 6.45) is 1.48. The lowest BCUT2D eigenvalue weighted by Gasteiger charge is -2.30. The van der Waals surface area contributed by atoms with Crippen LogP contribution < -0.4 is 10.1 Å². The second kappa shape index (κ2) is 10.5. The summed E-state index contributed by atoms with van der Waals surface area (Å²) in [5.74, 6) is 0.265. The van der Waals surface area contributed by atoms with Crippen LogP contribution in [0.25, 0.3) is 0 Å². The van der Waals surface area contributed by atoms with Crippen LogP contribution >= 0.6 is 0 Å². The number of hydrogen-bond acceptors (Lipinski definition) is 3. The number of nitrogens with zero attached hydrogens (tertiary/aromatic N) is 1. The molecule has 5 heteroatoms. The molecule has 0 saturated carbocycles. The highest BCUT2D eigenvalue weighted by atomic mass is 16.5. The van der Waals surface area contributed by atoms with Gasteiger partial charge in [-0.2, -0.15) is 0 Å². The SMILES string of the molecule is CCc1ccc(OCC(=O)N(Cc2cccc(C)c2)[C@H](CC)C(=O)NC)cc1. The average Bonchev–Trinajstić information content (AvgIpc) is 2.72. The third kappa shape index (κ3) is 5.84. The molecule has 0 aromatic heterocycles. The summed E-state index contributed by atoms with van der Waals surface area (Å²) in [5, 5.41) is 2.66. The first kappa shape index (κ1) is 21.5. The largest absolute Gasteiger partial charge is 0.484 e. The second-order valence-electron chi connectivity index (χ2n) is 6.84. The highest BCUT2D eigenvalue weighted by molar-refractivity contribution is 5.88. The Morgan fingerprint density at radius 3 is 2.36 bits per heavy atom. The van der Waals surface area contributed by atoms with Crippen LogP contribution in [0.2, 0.25) is 0 Å². The van der Waals surface area contributed by atoms with Crippen molar-refractivity contribution in [2.24, 2.45) is 0 Å². The number of rotatable bonds is 9. The van der Waals surface area contributed by atoms with Crippen LogP contribution in [0.4, 0.5) is 0 Å². The van der Waals surface area contributed by atoms with Gasteiger partial charge >= 0.3 is 0 Å². The van der Waals surface area contributed by atoms with Gasteiger partial charge in [0.25, 0.3) is 5.91 Å². The lowest BCUT2D eigenvalue weighted by Crippen LogP contribution is -2.49. The molecule has 0 bridgehead atoms. The molecule has 1 atom stereocenters. The molecule has 150 valence electrons. The van der Waals surface area contributed by atoms with Crippen molar-refractivity contribution in [1.29, 1.82) is 0 Å². The van der Waals surface area contributed by atoms with Gasteiger partial charge in [-0.05, 0) is 43.0 Å². The molecule has 1 N–H and O–H groups in total. The van der Waals surface area contributed by atoms with Crippen LogP contribution in [0.5, 0.6) is 5.75 Å². The number of aryl methyl sites for hydroxylation is 2. The van der Waals surface area contributed by atoms with Gasteiger partial charge in [-0.1, -0.05) is 55.8 Å². The molecular weight excluding hydrogens is 352 g/mol. The summed E-state index contributed by atoms with van der Waals surface area (Å²) in [6.45, 7) is 6.26. The van der Waals surface area contributed by atoms with E-state index >= 15 is 0 Å². The van der Waals surface area contributed by atoms with E-state index < -0.39 is 6.04 Å². The normalized spacial score (nSPS) is 11.6. The van der Waals surface area contributed by atoms with E-state index in [9.17, 15) is 9.59 Å². The van der Waals surface area contributed by atoms with Crippen molar-refractivity contribution in [2.75, 3.05) is 13.7 Å². The van der Waals surface area contributed by atoms with E-state index in [2.05, 4.69) is 12.2 Å². The fourth-order valence-corrected chi connectivity index (χ4v) is 3.14. The molecule has 5 nitrogen and oxygen atoms in total. The van der Waals surface area contributed by atoms with Crippen molar-refractivity contribution in [3.8, 4) is 5.75 Å². The first-order valence-corrected chi connectivity index (χ1v) is 9.76. The molecule has 0 fully saturated rings. The summed E-state index contributed by atoms with van der Waals surface area (Å²) >= 11 is 0. The first-order chi connectivity index (χ1) is 13.5. The Kier molecular flexibility index (Phi) is 8.05. The minimum atomic E-state index is -0.538. The minimum absolute atomic E-state index is 0.106. The number of nitrogens with one attached hydrogen (secondary N) is 1. The number of carbonyl (C=O) groups excluding carboxylic acids is 2. The van der Waals surface area contributed by atoms with Gasteiger partial charge in [-0.15, -0.1) is 0 Å². The van der Waals surface area contributed by atoms with Crippen molar-refractivity contribution in [3.05, 3.63) is 65.2 Å². The zero-order valence-electron chi connectivity index (χ0n) is 17.2. The van der Waals surface area contributed by atoms with E-state index in [0.29, 0.717) is 18.7 Å². The average molecular weight is 383 g/mol. The van der Waals surface area contributed by atoms with Gasteiger partial charge in [-0.3, -0.25) is 9.59 Å². The molecule has 2 rings (SSSR count). The number of amides is 2. The number of likely N-dealkylation sites (N-methyl/N-ethyl adjacent to an activating group) is 1. The van der Waals surface area contributed by atoms with Gasteiger partial charge in [-0.25, -0.2) is 0 Å². The van der Waals surface area contributed by atoms with E-state index in [1.54, 1.807) is 11.9 Å². The van der Waals surface area contributed by atoms with Crippen molar-refractivity contribution < 1.29 is 14.3 Å². The Balaban J connectivity index is 2.15. The van der Waals surface area contributed by atoms with E-state index in [1.165, 1.54) is 5.56 Å². The van der Waals surface area contributed by atoms with Gasteiger partial charge in [0, 0.05) is 13.6 Å². The maximum atomic E-state index is 13.0. The first-order valence-electron chi connectivity index (χ1n) is 9.76. The van der Waals surface area contributed by atoms with Gasteiger partial charge < -0.3 is 15.0 Å². The van der Waals surface area contributed by atoms with Crippen LogP contribution in [0.1, 0.15) is 37.0 Å². The van der Waals surface area contributed by atoms with E-state index in [-0.39, 0.29) is 18.4 Å². The molecule has 0 radical (unpaired) electrons. The molecular formula is C23H30N2O3. The summed E-state index contributed by atoms with van der Waals surface area (Å²) in [7, 11) is 1.59. The topological polar surface area (TPSA) is 58.6 Å². The Bertz CT molecular complexity index is 787. The summed E-state index contributed by atoms with van der Waals surface area (Å²) in [4.78, 5) is 26.9. The summed E-state index contributed by atoms with van der Waals surface area (Å²) in [6, 6.07) is 15.1. The predicted octanol–water partition coefficient (Wildman–Crippen LogP) is 3.49.